The van der Waals surface area contributed by atoms with E-state index in [1.165, 1.54) is 5.57 Å². The van der Waals surface area contributed by atoms with Crippen molar-refractivity contribution in [1.82, 2.24) is 0 Å². The Hall–Kier alpha value is -2.82. The normalized spacial score (nSPS) is 17.8. The second-order valence-corrected chi connectivity index (χ2v) is 7.83. The molecule has 0 amide bonds. The van der Waals surface area contributed by atoms with Gasteiger partial charge in [-0.1, -0.05) is 13.8 Å². The Kier molecular flexibility index (Phi) is 4.61. The number of ether oxygens (including phenoxy) is 1. The summed E-state index contributed by atoms with van der Waals surface area (Å²) in [6, 6.07) is 7.58. The topological polar surface area (TPSA) is 74.4 Å². The van der Waals surface area contributed by atoms with Gasteiger partial charge in [0.2, 0.25) is 0 Å². The molecule has 0 fully saturated rings. The van der Waals surface area contributed by atoms with Crippen LogP contribution in [0.2, 0.25) is 0 Å². The minimum atomic E-state index is -0.0977. The van der Waals surface area contributed by atoms with Gasteiger partial charge in [0.05, 0.1) is 12.5 Å². The van der Waals surface area contributed by atoms with Gasteiger partial charge in [-0.3, -0.25) is 9.98 Å². The quantitative estimate of drug-likeness (QED) is 0.804. The van der Waals surface area contributed by atoms with E-state index in [0.29, 0.717) is 12.0 Å². The molecular weight excluding hydrogens is 352 g/mol. The van der Waals surface area contributed by atoms with Gasteiger partial charge in [0.25, 0.3) is 0 Å². The van der Waals surface area contributed by atoms with E-state index < -0.39 is 0 Å². The summed E-state index contributed by atoms with van der Waals surface area (Å²) in [5.41, 5.74) is 4.43. The van der Waals surface area contributed by atoms with Crippen molar-refractivity contribution in [3.8, 4) is 17.2 Å². The van der Waals surface area contributed by atoms with Crippen LogP contribution in [0.15, 0.2) is 34.3 Å². The lowest BCUT2D eigenvalue weighted by atomic mass is 9.88. The average Bonchev–Trinajstić information content (AvgIpc) is 3.06. The maximum atomic E-state index is 10.9. The van der Waals surface area contributed by atoms with E-state index >= 15 is 0 Å². The first kappa shape index (κ1) is 18.5. The number of benzene rings is 2. The number of hydrogen-bond donors (Lipinski definition) is 2. The minimum Gasteiger partial charge on any atom is -0.508 e. The zero-order valence-electron chi connectivity index (χ0n) is 16.8. The van der Waals surface area contributed by atoms with Gasteiger partial charge in [0, 0.05) is 41.1 Å². The van der Waals surface area contributed by atoms with Crippen LogP contribution in [0.25, 0.3) is 5.57 Å². The van der Waals surface area contributed by atoms with Crippen molar-refractivity contribution in [2.45, 2.75) is 45.6 Å². The molecule has 2 aromatic carbocycles. The van der Waals surface area contributed by atoms with Crippen molar-refractivity contribution in [3.05, 3.63) is 51.5 Å². The second kappa shape index (κ2) is 6.97. The van der Waals surface area contributed by atoms with E-state index in [1.54, 1.807) is 13.2 Å². The third-order valence-corrected chi connectivity index (χ3v) is 5.83. The lowest BCUT2D eigenvalue weighted by Crippen LogP contribution is -2.28. The maximum absolute atomic E-state index is 10.9. The van der Waals surface area contributed by atoms with Crippen molar-refractivity contribution < 1.29 is 14.9 Å². The molecular formula is C23H26N2O3. The van der Waals surface area contributed by atoms with Gasteiger partial charge in [-0.15, -0.1) is 0 Å². The fourth-order valence-corrected chi connectivity index (χ4v) is 4.15. The lowest BCUT2D eigenvalue weighted by molar-refractivity contribution is 0.414. The first-order valence-corrected chi connectivity index (χ1v) is 9.73. The number of aromatic hydroxyl groups is 2. The highest BCUT2D eigenvalue weighted by Crippen LogP contribution is 2.38. The molecule has 2 aliphatic heterocycles. The van der Waals surface area contributed by atoms with E-state index in [9.17, 15) is 10.2 Å². The molecule has 0 radical (unpaired) electrons. The number of hydrogen-bond acceptors (Lipinski definition) is 5. The third-order valence-electron chi connectivity index (χ3n) is 5.83. The van der Waals surface area contributed by atoms with Crippen LogP contribution in [-0.4, -0.2) is 35.6 Å². The summed E-state index contributed by atoms with van der Waals surface area (Å²) >= 11 is 0. The van der Waals surface area contributed by atoms with Gasteiger partial charge in [-0.25, -0.2) is 0 Å². The van der Waals surface area contributed by atoms with Crippen LogP contribution in [0.1, 0.15) is 42.9 Å². The molecule has 2 aliphatic rings. The predicted octanol–water partition coefficient (Wildman–Crippen LogP) is 2.78. The van der Waals surface area contributed by atoms with Gasteiger partial charge in [0.1, 0.15) is 23.3 Å². The fraction of sp³-hybridized carbons (Fsp3) is 0.391. The molecule has 28 heavy (non-hydrogen) atoms. The predicted molar refractivity (Wildman–Crippen MR) is 110 cm³/mol. The standard InChI is InChI=1S/C23H26N2O3/c1-12(2)17-11-21(26)13(3)18(23(17)27)10-20-22-16(7-8-24-20)15-6-5-14(28-4)9-19(15)25-22/h5-6,9,11-12,22,26-27H,7-8,10H2,1-4H3. The molecule has 0 bridgehead atoms. The number of methoxy groups -OCH3 is 1. The Bertz CT molecular complexity index is 1100. The molecule has 0 saturated carbocycles. The van der Waals surface area contributed by atoms with Gasteiger partial charge in [0.15, 0.2) is 0 Å². The molecule has 0 spiro atoms. The van der Waals surface area contributed by atoms with E-state index in [2.05, 4.69) is 6.07 Å². The monoisotopic (exact) mass is 378 g/mol. The van der Waals surface area contributed by atoms with Crippen molar-refractivity contribution in [2.75, 3.05) is 13.7 Å². The van der Waals surface area contributed by atoms with E-state index in [-0.39, 0.29) is 23.5 Å². The first-order chi connectivity index (χ1) is 13.4. The smallest absolute Gasteiger partial charge is 0.123 e. The number of rotatable bonds is 4. The summed E-state index contributed by atoms with van der Waals surface area (Å²) in [7, 11) is 1.66. The SMILES string of the molecule is COc1ccc2c(c1)=NC1C(Cc3c(C)c(O)cc(C(C)C)c3O)=NCCC=21. The second-order valence-electron chi connectivity index (χ2n) is 7.83. The van der Waals surface area contributed by atoms with Crippen LogP contribution in [0.3, 0.4) is 0 Å². The van der Waals surface area contributed by atoms with Crippen molar-refractivity contribution >= 4 is 11.3 Å². The summed E-state index contributed by atoms with van der Waals surface area (Å²) in [6.07, 6.45) is 1.37. The summed E-state index contributed by atoms with van der Waals surface area (Å²) in [5, 5.41) is 23.3. The molecule has 0 saturated heterocycles. The zero-order valence-corrected chi connectivity index (χ0v) is 16.8. The van der Waals surface area contributed by atoms with E-state index in [0.717, 1.165) is 46.1 Å². The van der Waals surface area contributed by atoms with Crippen LogP contribution in [0.4, 0.5) is 0 Å². The van der Waals surface area contributed by atoms with Crippen LogP contribution >= 0.6 is 0 Å². The maximum Gasteiger partial charge on any atom is 0.123 e. The number of nitrogens with zero attached hydrogens (tertiary/aromatic N) is 2. The van der Waals surface area contributed by atoms with Crippen LogP contribution in [0.5, 0.6) is 17.2 Å². The molecule has 146 valence electrons. The Labute approximate surface area is 164 Å². The van der Waals surface area contributed by atoms with Crippen LogP contribution < -0.4 is 15.3 Å². The van der Waals surface area contributed by atoms with Gasteiger partial charge in [-0.2, -0.15) is 0 Å². The van der Waals surface area contributed by atoms with E-state index in [4.69, 9.17) is 14.7 Å². The third kappa shape index (κ3) is 2.95. The van der Waals surface area contributed by atoms with Crippen LogP contribution in [-0.2, 0) is 6.42 Å². The molecule has 1 atom stereocenters. The molecule has 0 aromatic heterocycles. The summed E-state index contributed by atoms with van der Waals surface area (Å²) in [4.78, 5) is 9.66. The first-order valence-electron chi connectivity index (χ1n) is 9.73. The Morgan fingerprint density at radius 2 is 2.00 bits per heavy atom. The average molecular weight is 378 g/mol. The molecule has 2 heterocycles. The Balaban J connectivity index is 1.76. The van der Waals surface area contributed by atoms with Gasteiger partial charge >= 0.3 is 0 Å². The molecule has 1 unspecified atom stereocenters. The Morgan fingerprint density at radius 1 is 1.21 bits per heavy atom. The lowest BCUT2D eigenvalue weighted by Gasteiger charge is -2.23. The highest BCUT2D eigenvalue weighted by atomic mass is 16.5. The van der Waals surface area contributed by atoms with Gasteiger partial charge < -0.3 is 14.9 Å². The molecule has 5 heteroatoms. The molecule has 0 aliphatic carbocycles. The molecule has 2 N–H and O–H groups in total. The van der Waals surface area contributed by atoms with Gasteiger partial charge in [-0.05, 0) is 48.6 Å². The highest BCUT2D eigenvalue weighted by Gasteiger charge is 2.29. The molecule has 4 rings (SSSR count). The summed E-state index contributed by atoms with van der Waals surface area (Å²) in [6.45, 7) is 6.58. The zero-order chi connectivity index (χ0) is 20.0. The van der Waals surface area contributed by atoms with E-state index in [1.807, 2.05) is 32.9 Å². The van der Waals surface area contributed by atoms with Crippen LogP contribution in [0, 0.1) is 6.92 Å². The summed E-state index contributed by atoms with van der Waals surface area (Å²) in [5.74, 6) is 1.39. The molecule has 2 aromatic rings. The number of fused-ring (bicyclic) bond motifs is 2. The van der Waals surface area contributed by atoms with Crippen molar-refractivity contribution in [1.29, 1.82) is 0 Å². The number of phenols is 2. The summed E-state index contributed by atoms with van der Waals surface area (Å²) < 4.78 is 5.34. The van der Waals surface area contributed by atoms with Crippen molar-refractivity contribution in [2.24, 2.45) is 9.98 Å². The van der Waals surface area contributed by atoms with Crippen molar-refractivity contribution in [3.63, 3.8) is 0 Å². The fourth-order valence-electron chi connectivity index (χ4n) is 4.15. The molecule has 5 nitrogen and oxygen atoms in total. The largest absolute Gasteiger partial charge is 0.508 e. The Morgan fingerprint density at radius 3 is 2.71 bits per heavy atom. The minimum absolute atomic E-state index is 0.0977. The highest BCUT2D eigenvalue weighted by molar-refractivity contribution is 6.01. The number of phenolic OH excluding ortho intramolecular Hbond substituents is 2. The number of aliphatic imine (C=N–C) groups is 1.